The number of amides is 1. The maximum absolute atomic E-state index is 13.0. The topological polar surface area (TPSA) is 91.5 Å². The van der Waals surface area contributed by atoms with Crippen LogP contribution in [0.15, 0.2) is 41.4 Å². The van der Waals surface area contributed by atoms with Crippen LogP contribution < -0.4 is 10.1 Å². The number of sulfonamides is 1. The molecule has 0 unspecified atom stereocenters. The minimum atomic E-state index is -3.75. The molecule has 0 bridgehead atoms. The zero-order valence-corrected chi connectivity index (χ0v) is 17.1. The van der Waals surface area contributed by atoms with Gasteiger partial charge in [0.2, 0.25) is 10.0 Å². The molecule has 0 saturated heterocycles. The van der Waals surface area contributed by atoms with E-state index < -0.39 is 15.9 Å². The number of aromatic amines is 1. The van der Waals surface area contributed by atoms with Gasteiger partial charge >= 0.3 is 0 Å². The van der Waals surface area contributed by atoms with Crippen LogP contribution in [0.1, 0.15) is 31.1 Å². The van der Waals surface area contributed by atoms with E-state index in [4.69, 9.17) is 17.0 Å². The van der Waals surface area contributed by atoms with Crippen molar-refractivity contribution in [1.82, 2.24) is 9.29 Å². The van der Waals surface area contributed by atoms with Gasteiger partial charge in [-0.05, 0) is 37.3 Å². The Morgan fingerprint density at radius 3 is 2.52 bits per heavy atom. The van der Waals surface area contributed by atoms with E-state index >= 15 is 0 Å². The highest BCUT2D eigenvalue weighted by molar-refractivity contribution is 7.89. The third-order valence-electron chi connectivity index (χ3n) is 3.89. The molecule has 0 saturated carbocycles. The van der Waals surface area contributed by atoms with Crippen LogP contribution in [0.3, 0.4) is 0 Å². The second kappa shape index (κ2) is 9.12. The van der Waals surface area contributed by atoms with Crippen molar-refractivity contribution in [3.05, 3.63) is 46.7 Å². The Morgan fingerprint density at radius 2 is 1.93 bits per heavy atom. The van der Waals surface area contributed by atoms with Crippen LogP contribution in [0, 0.1) is 4.64 Å². The highest BCUT2D eigenvalue weighted by atomic mass is 32.2. The number of rotatable bonds is 8. The molecule has 0 fully saturated rings. The van der Waals surface area contributed by atoms with Crippen molar-refractivity contribution in [3.8, 4) is 5.75 Å². The monoisotopic (exact) mass is 409 g/mol. The highest BCUT2D eigenvalue weighted by Crippen LogP contribution is 2.30. The number of carbonyl (C=O) groups is 1. The highest BCUT2D eigenvalue weighted by Gasteiger charge is 2.26. The van der Waals surface area contributed by atoms with Crippen LogP contribution in [0.5, 0.6) is 5.75 Å². The lowest BCUT2D eigenvalue weighted by Gasteiger charge is -2.21. The maximum atomic E-state index is 13.0. The number of hydrogen-bond acceptors (Lipinski definition) is 5. The lowest BCUT2D eigenvalue weighted by Crippen LogP contribution is -2.31. The van der Waals surface area contributed by atoms with E-state index in [1.807, 2.05) is 0 Å². The first kappa shape index (κ1) is 21.1. The summed E-state index contributed by atoms with van der Waals surface area (Å²) in [6, 6.07) is 7.81. The van der Waals surface area contributed by atoms with Gasteiger partial charge in [-0.15, -0.1) is 0 Å². The van der Waals surface area contributed by atoms with Crippen molar-refractivity contribution in [1.29, 1.82) is 0 Å². The second-order valence-corrected chi connectivity index (χ2v) is 7.87. The van der Waals surface area contributed by atoms with Crippen LogP contribution in [0.2, 0.25) is 0 Å². The number of aromatic nitrogens is 1. The van der Waals surface area contributed by atoms with E-state index in [1.54, 1.807) is 51.2 Å². The first-order valence-electron chi connectivity index (χ1n) is 8.61. The van der Waals surface area contributed by atoms with Gasteiger partial charge < -0.3 is 15.0 Å². The lowest BCUT2D eigenvalue weighted by atomic mass is 10.2. The number of hydrogen-bond donors (Lipinski definition) is 2. The summed E-state index contributed by atoms with van der Waals surface area (Å²) in [7, 11) is -3.75. The van der Waals surface area contributed by atoms with Gasteiger partial charge in [0.1, 0.15) is 15.3 Å². The zero-order chi connectivity index (χ0) is 20.0. The summed E-state index contributed by atoms with van der Waals surface area (Å²) in [6.45, 7) is 6.31. The number of benzene rings is 1. The zero-order valence-electron chi connectivity index (χ0n) is 15.5. The molecule has 0 aliphatic rings. The van der Waals surface area contributed by atoms with Crippen LogP contribution in [0.4, 0.5) is 5.69 Å². The summed E-state index contributed by atoms with van der Waals surface area (Å²) in [5, 5.41) is 2.69. The molecule has 0 radical (unpaired) electrons. The number of carbonyl (C=O) groups excluding carboxylic acids is 1. The molecule has 0 aliphatic carbocycles. The number of pyridine rings is 1. The van der Waals surface area contributed by atoms with Gasteiger partial charge in [-0.25, -0.2) is 8.42 Å². The van der Waals surface area contributed by atoms with Gasteiger partial charge in [0, 0.05) is 25.0 Å². The molecule has 146 valence electrons. The Morgan fingerprint density at radius 1 is 1.22 bits per heavy atom. The van der Waals surface area contributed by atoms with E-state index in [1.165, 1.54) is 10.4 Å². The Balaban J connectivity index is 2.44. The normalized spacial score (nSPS) is 11.4. The van der Waals surface area contributed by atoms with Gasteiger partial charge in [-0.3, -0.25) is 4.79 Å². The summed E-state index contributed by atoms with van der Waals surface area (Å²) in [5.74, 6) is -0.174. The number of H-pyrrole nitrogens is 1. The molecule has 0 aliphatic heterocycles. The molecule has 0 atom stereocenters. The Hall–Kier alpha value is -2.23. The van der Waals surface area contributed by atoms with Crippen LogP contribution in [-0.2, 0) is 10.0 Å². The van der Waals surface area contributed by atoms with Gasteiger partial charge in [-0.1, -0.05) is 26.1 Å². The van der Waals surface area contributed by atoms with E-state index in [0.717, 1.165) is 0 Å². The van der Waals surface area contributed by atoms with E-state index in [-0.39, 0.29) is 10.6 Å². The average Bonchev–Trinajstić information content (AvgIpc) is 2.64. The predicted molar refractivity (Wildman–Crippen MR) is 107 cm³/mol. The first-order valence-corrected chi connectivity index (χ1v) is 10.5. The summed E-state index contributed by atoms with van der Waals surface area (Å²) in [4.78, 5) is 15.3. The second-order valence-electron chi connectivity index (χ2n) is 5.55. The fraction of sp³-hybridized carbons (Fsp3) is 0.333. The minimum Gasteiger partial charge on any atom is -0.492 e. The van der Waals surface area contributed by atoms with Crippen molar-refractivity contribution in [2.45, 2.75) is 25.7 Å². The quantitative estimate of drug-likeness (QED) is 0.652. The van der Waals surface area contributed by atoms with Crippen molar-refractivity contribution in [2.75, 3.05) is 25.0 Å². The van der Waals surface area contributed by atoms with Gasteiger partial charge in [0.15, 0.2) is 0 Å². The number of nitrogens with one attached hydrogen (secondary N) is 2. The summed E-state index contributed by atoms with van der Waals surface area (Å²) in [5.41, 5.74) is 0.641. The van der Waals surface area contributed by atoms with Crippen molar-refractivity contribution < 1.29 is 17.9 Å². The van der Waals surface area contributed by atoms with Gasteiger partial charge in [-0.2, -0.15) is 4.31 Å². The van der Waals surface area contributed by atoms with Crippen molar-refractivity contribution in [3.63, 3.8) is 0 Å². The molecule has 1 aromatic heterocycles. The predicted octanol–water partition coefficient (Wildman–Crippen LogP) is 3.43. The van der Waals surface area contributed by atoms with Crippen molar-refractivity contribution >= 4 is 33.8 Å². The van der Waals surface area contributed by atoms with E-state index in [9.17, 15) is 13.2 Å². The van der Waals surface area contributed by atoms with Crippen LogP contribution in [-0.4, -0.2) is 43.3 Å². The molecule has 2 rings (SSSR count). The van der Waals surface area contributed by atoms with Crippen LogP contribution >= 0.6 is 12.2 Å². The molecule has 1 heterocycles. The fourth-order valence-electron chi connectivity index (χ4n) is 2.56. The molecule has 2 aromatic rings. The molecule has 27 heavy (non-hydrogen) atoms. The lowest BCUT2D eigenvalue weighted by molar-refractivity contribution is 0.102. The molecule has 1 amide bonds. The minimum absolute atomic E-state index is 0.0177. The first-order chi connectivity index (χ1) is 12.8. The molecule has 2 N–H and O–H groups in total. The summed E-state index contributed by atoms with van der Waals surface area (Å²) >= 11 is 5.11. The maximum Gasteiger partial charge on any atom is 0.258 e. The third kappa shape index (κ3) is 4.74. The summed E-state index contributed by atoms with van der Waals surface area (Å²) in [6.07, 6.45) is 1.63. The third-order valence-corrected chi connectivity index (χ3v) is 6.30. The standard InChI is InChI=1S/C18H23N3O4S2/c1-4-21(5-2)27(23,24)16-12-13(9-10-15(16)25-6-3)20-17(22)14-8-7-11-19-18(14)26/h7-12H,4-6H2,1-3H3,(H,19,26)(H,20,22). The smallest absolute Gasteiger partial charge is 0.258 e. The molecular formula is C18H23N3O4S2. The molecule has 1 aromatic carbocycles. The van der Waals surface area contributed by atoms with Crippen molar-refractivity contribution in [2.24, 2.45) is 0 Å². The Bertz CT molecular complexity index is 967. The Kier molecular flexibility index (Phi) is 7.11. The fourth-order valence-corrected chi connectivity index (χ4v) is 4.41. The van der Waals surface area contributed by atoms with E-state index in [0.29, 0.717) is 35.6 Å². The Labute approximate surface area is 164 Å². The SMILES string of the molecule is CCOc1ccc(NC(=O)c2ccc[nH]c2=S)cc1S(=O)(=O)N(CC)CC. The van der Waals surface area contributed by atoms with Gasteiger partial charge in [0.05, 0.1) is 12.2 Å². The van der Waals surface area contributed by atoms with E-state index in [2.05, 4.69) is 10.3 Å². The number of nitrogens with zero attached hydrogens (tertiary/aromatic N) is 1. The number of anilines is 1. The number of ether oxygens (including phenoxy) is 1. The molecular weight excluding hydrogens is 386 g/mol. The molecule has 7 nitrogen and oxygen atoms in total. The average molecular weight is 410 g/mol. The van der Waals surface area contributed by atoms with Crippen LogP contribution in [0.25, 0.3) is 0 Å². The molecule has 9 heteroatoms. The molecule has 0 spiro atoms. The van der Waals surface area contributed by atoms with Gasteiger partial charge in [0.25, 0.3) is 5.91 Å². The summed E-state index contributed by atoms with van der Waals surface area (Å²) < 4.78 is 33.1. The largest absolute Gasteiger partial charge is 0.492 e.